The molecule has 2 rings (SSSR count). The summed E-state index contributed by atoms with van der Waals surface area (Å²) in [6, 6.07) is 2.30. The van der Waals surface area contributed by atoms with Crippen molar-refractivity contribution in [1.29, 1.82) is 0 Å². The predicted octanol–water partition coefficient (Wildman–Crippen LogP) is 2.20. The van der Waals surface area contributed by atoms with Gasteiger partial charge in [0, 0.05) is 24.7 Å². The van der Waals surface area contributed by atoms with Gasteiger partial charge in [0.05, 0.1) is 0 Å². The van der Waals surface area contributed by atoms with Crippen LogP contribution in [0.25, 0.3) is 0 Å². The van der Waals surface area contributed by atoms with Gasteiger partial charge in [0.15, 0.2) is 0 Å². The highest BCUT2D eigenvalue weighted by Crippen LogP contribution is 2.33. The summed E-state index contributed by atoms with van der Waals surface area (Å²) in [4.78, 5) is 5.38. The van der Waals surface area contributed by atoms with Gasteiger partial charge in [0.25, 0.3) is 0 Å². The first-order valence-corrected chi connectivity index (χ1v) is 6.59. The van der Waals surface area contributed by atoms with Crippen molar-refractivity contribution < 1.29 is 0 Å². The summed E-state index contributed by atoms with van der Waals surface area (Å²) in [5.41, 5.74) is 0. The van der Waals surface area contributed by atoms with Gasteiger partial charge in [-0.3, -0.25) is 9.80 Å². The van der Waals surface area contributed by atoms with Crippen LogP contribution in [0.4, 0.5) is 0 Å². The van der Waals surface area contributed by atoms with Crippen LogP contribution in [0.3, 0.4) is 0 Å². The lowest BCUT2D eigenvalue weighted by Crippen LogP contribution is -2.51. The number of rotatable bonds is 2. The second-order valence-electron chi connectivity index (χ2n) is 5.83. The lowest BCUT2D eigenvalue weighted by Gasteiger charge is -2.41. The van der Waals surface area contributed by atoms with Crippen LogP contribution in [0.5, 0.6) is 0 Å². The molecule has 0 spiro atoms. The van der Waals surface area contributed by atoms with Gasteiger partial charge in [-0.15, -0.1) is 0 Å². The number of hydrogen-bond donors (Lipinski definition) is 0. The normalized spacial score (nSPS) is 34.0. The third kappa shape index (κ3) is 2.21. The first kappa shape index (κ1) is 11.4. The molecule has 2 aliphatic rings. The van der Waals surface area contributed by atoms with E-state index in [1.807, 2.05) is 0 Å². The van der Waals surface area contributed by atoms with Crippen LogP contribution in [0.15, 0.2) is 0 Å². The Morgan fingerprint density at radius 2 is 1.60 bits per heavy atom. The second-order valence-corrected chi connectivity index (χ2v) is 5.83. The molecule has 15 heavy (non-hydrogen) atoms. The van der Waals surface area contributed by atoms with E-state index in [0.29, 0.717) is 0 Å². The molecule has 2 fully saturated rings. The third-order valence-corrected chi connectivity index (χ3v) is 4.33. The van der Waals surface area contributed by atoms with Crippen LogP contribution in [0, 0.1) is 5.92 Å². The SMILES string of the molecule is CC(C)N1CCC2CCN(C(C)C)C2C1. The molecule has 0 N–H and O–H groups in total. The summed E-state index contributed by atoms with van der Waals surface area (Å²) >= 11 is 0. The molecule has 0 aromatic rings. The fourth-order valence-electron chi connectivity index (χ4n) is 3.31. The largest absolute Gasteiger partial charge is 0.299 e. The minimum Gasteiger partial charge on any atom is -0.299 e. The van der Waals surface area contributed by atoms with Crippen molar-refractivity contribution in [2.75, 3.05) is 19.6 Å². The van der Waals surface area contributed by atoms with Crippen LogP contribution in [0.1, 0.15) is 40.5 Å². The van der Waals surface area contributed by atoms with Gasteiger partial charge in [-0.2, -0.15) is 0 Å². The van der Waals surface area contributed by atoms with Gasteiger partial charge in [0.1, 0.15) is 0 Å². The zero-order valence-electron chi connectivity index (χ0n) is 10.7. The topological polar surface area (TPSA) is 6.48 Å². The zero-order valence-corrected chi connectivity index (χ0v) is 10.7. The molecular formula is C13H26N2. The van der Waals surface area contributed by atoms with Gasteiger partial charge < -0.3 is 0 Å². The third-order valence-electron chi connectivity index (χ3n) is 4.33. The highest BCUT2D eigenvalue weighted by atomic mass is 15.3. The molecule has 0 bridgehead atoms. The van der Waals surface area contributed by atoms with Gasteiger partial charge >= 0.3 is 0 Å². The molecule has 0 amide bonds. The molecule has 2 unspecified atom stereocenters. The molecule has 0 saturated carbocycles. The molecular weight excluding hydrogens is 184 g/mol. The first-order chi connectivity index (χ1) is 7.09. The quantitative estimate of drug-likeness (QED) is 0.689. The zero-order chi connectivity index (χ0) is 11.0. The highest BCUT2D eigenvalue weighted by molar-refractivity contribution is 4.94. The Kier molecular flexibility index (Phi) is 3.36. The minimum atomic E-state index is 0.723. The summed E-state index contributed by atoms with van der Waals surface area (Å²) in [5, 5.41) is 0. The lowest BCUT2D eigenvalue weighted by molar-refractivity contribution is 0.0702. The minimum absolute atomic E-state index is 0.723. The van der Waals surface area contributed by atoms with Crippen molar-refractivity contribution in [3.63, 3.8) is 0 Å². The number of piperidine rings is 1. The number of fused-ring (bicyclic) bond motifs is 1. The van der Waals surface area contributed by atoms with Crippen molar-refractivity contribution in [2.45, 2.75) is 58.7 Å². The van der Waals surface area contributed by atoms with Crippen LogP contribution < -0.4 is 0 Å². The van der Waals surface area contributed by atoms with E-state index in [0.717, 1.165) is 24.0 Å². The monoisotopic (exact) mass is 210 g/mol. The van der Waals surface area contributed by atoms with E-state index in [1.165, 1.54) is 32.5 Å². The Balaban J connectivity index is 2.01. The van der Waals surface area contributed by atoms with Crippen LogP contribution in [-0.4, -0.2) is 47.6 Å². The fraction of sp³-hybridized carbons (Fsp3) is 1.00. The maximum absolute atomic E-state index is 2.72. The molecule has 2 nitrogen and oxygen atoms in total. The Hall–Kier alpha value is -0.0800. The number of nitrogens with zero attached hydrogens (tertiary/aromatic N) is 2. The van der Waals surface area contributed by atoms with Crippen molar-refractivity contribution in [2.24, 2.45) is 5.92 Å². The van der Waals surface area contributed by atoms with E-state index in [1.54, 1.807) is 0 Å². The Morgan fingerprint density at radius 1 is 0.933 bits per heavy atom. The Morgan fingerprint density at radius 3 is 2.20 bits per heavy atom. The summed E-state index contributed by atoms with van der Waals surface area (Å²) in [6.07, 6.45) is 2.86. The predicted molar refractivity (Wildman–Crippen MR) is 65.1 cm³/mol. The Bertz CT molecular complexity index is 213. The van der Waals surface area contributed by atoms with E-state index in [-0.39, 0.29) is 0 Å². The summed E-state index contributed by atoms with van der Waals surface area (Å²) in [5.74, 6) is 0.988. The molecule has 0 radical (unpaired) electrons. The summed E-state index contributed by atoms with van der Waals surface area (Å²) in [7, 11) is 0. The van der Waals surface area contributed by atoms with Crippen LogP contribution in [-0.2, 0) is 0 Å². The van der Waals surface area contributed by atoms with Crippen molar-refractivity contribution in [1.82, 2.24) is 9.80 Å². The molecule has 0 aromatic carbocycles. The van der Waals surface area contributed by atoms with E-state index < -0.39 is 0 Å². The second kappa shape index (κ2) is 4.42. The maximum Gasteiger partial charge on any atom is 0.0255 e. The van der Waals surface area contributed by atoms with Gasteiger partial charge in [-0.05, 0) is 59.5 Å². The maximum atomic E-state index is 2.72. The average Bonchev–Trinajstić information content (AvgIpc) is 2.59. The molecule has 0 aliphatic carbocycles. The molecule has 88 valence electrons. The van der Waals surface area contributed by atoms with Gasteiger partial charge in [-0.25, -0.2) is 0 Å². The van der Waals surface area contributed by atoms with Crippen LogP contribution in [0.2, 0.25) is 0 Å². The molecule has 2 atom stereocenters. The van der Waals surface area contributed by atoms with E-state index in [9.17, 15) is 0 Å². The van der Waals surface area contributed by atoms with E-state index >= 15 is 0 Å². The Labute approximate surface area is 94.6 Å². The molecule has 2 heterocycles. The molecule has 0 aromatic heterocycles. The van der Waals surface area contributed by atoms with Crippen molar-refractivity contribution in [3.8, 4) is 0 Å². The summed E-state index contributed by atoms with van der Waals surface area (Å²) in [6.45, 7) is 13.3. The molecule has 2 saturated heterocycles. The first-order valence-electron chi connectivity index (χ1n) is 6.59. The number of hydrogen-bond acceptors (Lipinski definition) is 2. The van der Waals surface area contributed by atoms with Crippen LogP contribution >= 0.6 is 0 Å². The van der Waals surface area contributed by atoms with Gasteiger partial charge in [-0.1, -0.05) is 0 Å². The fourth-order valence-corrected chi connectivity index (χ4v) is 3.31. The average molecular weight is 210 g/mol. The van der Waals surface area contributed by atoms with E-state index in [2.05, 4.69) is 37.5 Å². The molecule has 2 heteroatoms. The molecule has 2 aliphatic heterocycles. The lowest BCUT2D eigenvalue weighted by atomic mass is 9.91. The van der Waals surface area contributed by atoms with Crippen molar-refractivity contribution in [3.05, 3.63) is 0 Å². The van der Waals surface area contributed by atoms with Gasteiger partial charge in [0.2, 0.25) is 0 Å². The standard InChI is InChI=1S/C13H26N2/c1-10(2)14-7-5-12-6-8-15(11(3)4)13(12)9-14/h10-13H,5-9H2,1-4H3. The number of likely N-dealkylation sites (tertiary alicyclic amines) is 2. The smallest absolute Gasteiger partial charge is 0.0255 e. The summed E-state index contributed by atoms with van der Waals surface area (Å²) < 4.78 is 0. The van der Waals surface area contributed by atoms with Crippen molar-refractivity contribution >= 4 is 0 Å². The highest BCUT2D eigenvalue weighted by Gasteiger charge is 2.39. The van der Waals surface area contributed by atoms with E-state index in [4.69, 9.17) is 0 Å².